The maximum absolute atomic E-state index is 12.8. The molecule has 2 aromatic carbocycles. The number of carbonyl (C=O) groups excluding carboxylic acids is 2. The molecule has 8 nitrogen and oxygen atoms in total. The largest absolute Gasteiger partial charge is 0.360 e. The predicted octanol–water partition coefficient (Wildman–Crippen LogP) is 4.01. The third-order valence-corrected chi connectivity index (χ3v) is 7.57. The number of nitrogens with zero attached hydrogens (tertiary/aromatic N) is 2. The first-order chi connectivity index (χ1) is 16.2. The van der Waals surface area contributed by atoms with Gasteiger partial charge in [-0.15, -0.1) is 0 Å². The summed E-state index contributed by atoms with van der Waals surface area (Å²) in [7, 11) is -3.27. The normalized spacial score (nSPS) is 13.5. The molecule has 0 aliphatic heterocycles. The Hall–Kier alpha value is -3.46. The topological polar surface area (TPSA) is 110 Å². The fourth-order valence-corrected chi connectivity index (χ4v) is 5.34. The molecule has 1 N–H and O–H groups in total. The number of nitrogens with one attached hydrogen (secondary N) is 1. The highest BCUT2D eigenvalue weighted by Gasteiger charge is 2.29. The number of aromatic nitrogens is 1. The molecule has 1 saturated carbocycles. The van der Waals surface area contributed by atoms with Crippen LogP contribution in [0.1, 0.15) is 41.4 Å². The minimum absolute atomic E-state index is 0.110. The molecule has 1 aliphatic rings. The fraction of sp³-hybridized carbons (Fsp3) is 0.320. The third kappa shape index (κ3) is 5.72. The minimum Gasteiger partial charge on any atom is -0.360 e. The quantitative estimate of drug-likeness (QED) is 0.494. The van der Waals surface area contributed by atoms with Crippen LogP contribution in [0, 0.1) is 12.8 Å². The molecule has 4 rings (SSSR count). The van der Waals surface area contributed by atoms with Gasteiger partial charge in [0.25, 0.3) is 5.91 Å². The van der Waals surface area contributed by atoms with Crippen molar-refractivity contribution in [1.29, 1.82) is 0 Å². The van der Waals surface area contributed by atoms with E-state index < -0.39 is 9.84 Å². The third-order valence-electron chi connectivity index (χ3n) is 5.67. The Morgan fingerprint density at radius 3 is 2.32 bits per heavy atom. The second-order valence-corrected chi connectivity index (χ2v) is 10.6. The molecule has 1 heterocycles. The van der Waals surface area contributed by atoms with E-state index in [1.807, 2.05) is 6.92 Å². The summed E-state index contributed by atoms with van der Waals surface area (Å²) in [6, 6.07) is 14.8. The van der Waals surface area contributed by atoms with Gasteiger partial charge in [-0.05, 0) is 74.6 Å². The van der Waals surface area contributed by atoms with Crippen molar-refractivity contribution in [2.45, 2.75) is 38.0 Å². The number of benzene rings is 2. The van der Waals surface area contributed by atoms with Gasteiger partial charge in [0.15, 0.2) is 15.7 Å². The summed E-state index contributed by atoms with van der Waals surface area (Å²) in [6.07, 6.45) is 2.06. The molecule has 178 valence electrons. The first-order valence-electron chi connectivity index (χ1n) is 11.2. The van der Waals surface area contributed by atoms with Crippen molar-refractivity contribution in [1.82, 2.24) is 5.16 Å². The predicted molar refractivity (Wildman–Crippen MR) is 129 cm³/mol. The lowest BCUT2D eigenvalue weighted by Gasteiger charge is -2.17. The Bertz CT molecular complexity index is 1280. The van der Waals surface area contributed by atoms with E-state index in [0.29, 0.717) is 34.3 Å². The summed E-state index contributed by atoms with van der Waals surface area (Å²) in [4.78, 5) is 27.1. The van der Waals surface area contributed by atoms with Crippen LogP contribution in [0.3, 0.4) is 0 Å². The zero-order valence-electron chi connectivity index (χ0n) is 19.2. The van der Waals surface area contributed by atoms with Crippen LogP contribution in [0.4, 0.5) is 11.5 Å². The average molecular weight is 482 g/mol. The van der Waals surface area contributed by atoms with Gasteiger partial charge in [-0.2, -0.15) is 0 Å². The number of anilines is 2. The molecule has 0 spiro atoms. The van der Waals surface area contributed by atoms with E-state index in [0.717, 1.165) is 18.4 Å². The zero-order chi connectivity index (χ0) is 24.3. The van der Waals surface area contributed by atoms with E-state index >= 15 is 0 Å². The summed E-state index contributed by atoms with van der Waals surface area (Å²) in [5.74, 6) is 1.10. The molecule has 1 aromatic heterocycles. The summed E-state index contributed by atoms with van der Waals surface area (Å²) < 4.78 is 29.8. The Morgan fingerprint density at radius 2 is 1.76 bits per heavy atom. The number of carbonyl (C=O) groups is 2. The zero-order valence-corrected chi connectivity index (χ0v) is 20.0. The molecule has 0 bridgehead atoms. The van der Waals surface area contributed by atoms with Crippen LogP contribution in [0.2, 0.25) is 0 Å². The number of aryl methyl sites for hydroxylation is 1. The molecule has 0 saturated heterocycles. The van der Waals surface area contributed by atoms with Crippen LogP contribution in [-0.4, -0.2) is 37.7 Å². The summed E-state index contributed by atoms with van der Waals surface area (Å²) >= 11 is 0. The lowest BCUT2D eigenvalue weighted by Crippen LogP contribution is -2.30. The first kappa shape index (κ1) is 23.7. The molecule has 0 atom stereocenters. The van der Waals surface area contributed by atoms with Gasteiger partial charge in [-0.25, -0.2) is 8.42 Å². The van der Waals surface area contributed by atoms with Crippen molar-refractivity contribution in [3.63, 3.8) is 0 Å². The highest BCUT2D eigenvalue weighted by Crippen LogP contribution is 2.32. The van der Waals surface area contributed by atoms with Crippen molar-refractivity contribution in [3.05, 3.63) is 71.5 Å². The van der Waals surface area contributed by atoms with E-state index in [1.165, 1.54) is 4.90 Å². The van der Waals surface area contributed by atoms with Crippen LogP contribution in [0.25, 0.3) is 0 Å². The van der Waals surface area contributed by atoms with Gasteiger partial charge in [0.1, 0.15) is 5.76 Å². The maximum atomic E-state index is 12.8. The average Bonchev–Trinajstić information content (AvgIpc) is 3.51. The highest BCUT2D eigenvalue weighted by atomic mass is 32.2. The molecule has 0 radical (unpaired) electrons. The van der Waals surface area contributed by atoms with E-state index in [1.54, 1.807) is 61.5 Å². The first-order valence-corrected chi connectivity index (χ1v) is 12.9. The minimum atomic E-state index is -3.27. The number of rotatable bonds is 9. The molecule has 2 amide bonds. The van der Waals surface area contributed by atoms with E-state index in [2.05, 4.69) is 10.5 Å². The second-order valence-electron chi connectivity index (χ2n) is 8.52. The van der Waals surface area contributed by atoms with Crippen molar-refractivity contribution in [2.24, 2.45) is 5.92 Å². The molecule has 9 heteroatoms. The lowest BCUT2D eigenvalue weighted by atomic mass is 10.1. The van der Waals surface area contributed by atoms with Crippen molar-refractivity contribution < 1.29 is 22.5 Å². The smallest absolute Gasteiger partial charge is 0.259 e. The maximum Gasteiger partial charge on any atom is 0.259 e. The van der Waals surface area contributed by atoms with Gasteiger partial charge in [-0.3, -0.25) is 14.5 Å². The molecule has 0 unspecified atom stereocenters. The van der Waals surface area contributed by atoms with Crippen molar-refractivity contribution >= 4 is 33.2 Å². The van der Waals surface area contributed by atoms with Crippen molar-refractivity contribution in [3.8, 4) is 0 Å². The molecule has 3 aromatic rings. The second kappa shape index (κ2) is 9.80. The standard InChI is InChI=1S/C25H27N3O5S/c1-3-28(23-14-17(2)33-27-23)25(30)20-8-10-21(11-9-20)26-24(29)15-18-6-12-22(13-7-18)34(31,32)16-19-4-5-19/h6-14,19H,3-5,15-16H2,1-2H3,(H,26,29). The summed E-state index contributed by atoms with van der Waals surface area (Å²) in [5, 5.41) is 6.71. The monoisotopic (exact) mass is 481 g/mol. The van der Waals surface area contributed by atoms with Gasteiger partial charge in [0.2, 0.25) is 5.91 Å². The Morgan fingerprint density at radius 1 is 1.09 bits per heavy atom. The van der Waals surface area contributed by atoms with Crippen LogP contribution < -0.4 is 10.2 Å². The Kier molecular flexibility index (Phi) is 6.83. The fourth-order valence-electron chi connectivity index (χ4n) is 3.64. The lowest BCUT2D eigenvalue weighted by molar-refractivity contribution is -0.115. The van der Waals surface area contributed by atoms with Crippen LogP contribution in [0.15, 0.2) is 64.0 Å². The van der Waals surface area contributed by atoms with E-state index in [-0.39, 0.29) is 29.9 Å². The SMILES string of the molecule is CCN(C(=O)c1ccc(NC(=O)Cc2ccc(S(=O)(=O)CC3CC3)cc2)cc1)c1cc(C)on1. The van der Waals surface area contributed by atoms with Gasteiger partial charge < -0.3 is 9.84 Å². The number of amides is 2. The molecular weight excluding hydrogens is 454 g/mol. The van der Waals surface area contributed by atoms with Gasteiger partial charge in [0, 0.05) is 23.9 Å². The van der Waals surface area contributed by atoms with Gasteiger partial charge in [0.05, 0.1) is 17.1 Å². The highest BCUT2D eigenvalue weighted by molar-refractivity contribution is 7.91. The van der Waals surface area contributed by atoms with Gasteiger partial charge in [-0.1, -0.05) is 17.3 Å². The van der Waals surface area contributed by atoms with Crippen molar-refractivity contribution in [2.75, 3.05) is 22.5 Å². The van der Waals surface area contributed by atoms with Gasteiger partial charge >= 0.3 is 0 Å². The van der Waals surface area contributed by atoms with E-state index in [9.17, 15) is 18.0 Å². The van der Waals surface area contributed by atoms with E-state index in [4.69, 9.17) is 4.52 Å². The molecule has 34 heavy (non-hydrogen) atoms. The summed E-state index contributed by atoms with van der Waals surface area (Å²) in [5.41, 5.74) is 1.74. The Balaban J connectivity index is 1.35. The summed E-state index contributed by atoms with van der Waals surface area (Å²) in [6.45, 7) is 4.05. The molecular formula is C25H27N3O5S. The molecule has 1 aliphatic carbocycles. The molecule has 1 fully saturated rings. The number of hydrogen-bond donors (Lipinski definition) is 1. The Labute approximate surface area is 198 Å². The number of hydrogen-bond acceptors (Lipinski definition) is 6. The van der Waals surface area contributed by atoms with Crippen LogP contribution in [-0.2, 0) is 21.1 Å². The van der Waals surface area contributed by atoms with Crippen LogP contribution in [0.5, 0.6) is 0 Å². The number of sulfone groups is 1. The van der Waals surface area contributed by atoms with Crippen LogP contribution >= 0.6 is 0 Å².